The number of carbonyl (C=O) groups excluding carboxylic acids is 2. The maximum absolute atomic E-state index is 12.7. The highest BCUT2D eigenvalue weighted by Gasteiger charge is 2.46. The summed E-state index contributed by atoms with van der Waals surface area (Å²) >= 11 is 5.59. The molecule has 1 aliphatic carbocycles. The Hall–Kier alpha value is -1.81. The number of amides is 2. The smallest absolute Gasteiger partial charge is 0.248 e. The summed E-state index contributed by atoms with van der Waals surface area (Å²) in [7, 11) is 0. The predicted octanol–water partition coefficient (Wildman–Crippen LogP) is 2.22. The van der Waals surface area contributed by atoms with Gasteiger partial charge in [-0.2, -0.15) is 0 Å². The molecule has 4 nitrogen and oxygen atoms in total. The number of halogens is 1. The van der Waals surface area contributed by atoms with Crippen LogP contribution >= 0.6 is 11.6 Å². The summed E-state index contributed by atoms with van der Waals surface area (Å²) in [6.45, 7) is 0.346. The molecule has 2 fully saturated rings. The van der Waals surface area contributed by atoms with Gasteiger partial charge in [-0.3, -0.25) is 9.59 Å². The Bertz CT molecular complexity index is 569. The lowest BCUT2D eigenvalue weighted by atomic mass is 9.98. The van der Waals surface area contributed by atoms with Gasteiger partial charge < -0.3 is 10.2 Å². The average Bonchev–Trinajstić information content (AvgIpc) is 3.33. The molecule has 0 radical (unpaired) electrons. The van der Waals surface area contributed by atoms with Crippen molar-refractivity contribution in [3.63, 3.8) is 0 Å². The van der Waals surface area contributed by atoms with Crippen LogP contribution < -0.4 is 5.32 Å². The van der Waals surface area contributed by atoms with Crippen molar-refractivity contribution in [2.45, 2.75) is 24.9 Å². The van der Waals surface area contributed by atoms with Crippen LogP contribution in [0.3, 0.4) is 0 Å². The second-order valence-corrected chi connectivity index (χ2v) is 5.74. The van der Waals surface area contributed by atoms with E-state index < -0.39 is 6.04 Å². The quantitative estimate of drug-likeness (QED) is 0.927. The van der Waals surface area contributed by atoms with Crippen LogP contribution in [-0.2, 0) is 9.59 Å². The van der Waals surface area contributed by atoms with Crippen LogP contribution in [0.4, 0.5) is 0 Å². The van der Waals surface area contributed by atoms with Gasteiger partial charge in [-0.25, -0.2) is 0 Å². The molecule has 5 heteroatoms. The highest BCUT2D eigenvalue weighted by atomic mass is 35.5. The fraction of sp³-hybridized carbons (Fsp3) is 0.375. The monoisotopic (exact) mass is 304 g/mol. The number of benzene rings is 1. The predicted molar refractivity (Wildman–Crippen MR) is 80.5 cm³/mol. The van der Waals surface area contributed by atoms with E-state index in [0.29, 0.717) is 12.5 Å². The van der Waals surface area contributed by atoms with E-state index in [0.717, 1.165) is 18.4 Å². The first-order valence-electron chi connectivity index (χ1n) is 7.13. The molecule has 0 aromatic heterocycles. The van der Waals surface area contributed by atoms with Gasteiger partial charge in [0.15, 0.2) is 0 Å². The third kappa shape index (κ3) is 2.81. The fourth-order valence-corrected chi connectivity index (χ4v) is 2.89. The van der Waals surface area contributed by atoms with Gasteiger partial charge in [0, 0.05) is 12.1 Å². The molecule has 1 aromatic rings. The van der Waals surface area contributed by atoms with Crippen molar-refractivity contribution in [2.75, 3.05) is 6.54 Å². The lowest BCUT2D eigenvalue weighted by Crippen LogP contribution is -2.60. The molecule has 110 valence electrons. The molecule has 2 atom stereocenters. The van der Waals surface area contributed by atoms with Crippen molar-refractivity contribution in [2.24, 2.45) is 5.92 Å². The van der Waals surface area contributed by atoms with E-state index in [9.17, 15) is 9.59 Å². The van der Waals surface area contributed by atoms with Crippen LogP contribution in [-0.4, -0.2) is 29.3 Å². The Morgan fingerprint density at radius 2 is 1.95 bits per heavy atom. The topological polar surface area (TPSA) is 49.4 Å². The van der Waals surface area contributed by atoms with Gasteiger partial charge in [-0.15, -0.1) is 0 Å². The summed E-state index contributed by atoms with van der Waals surface area (Å²) in [5.41, 5.74) is 2.20. The number of nitrogens with zero attached hydrogens (tertiary/aromatic N) is 1. The van der Waals surface area contributed by atoms with Gasteiger partial charge in [0.1, 0.15) is 12.1 Å². The summed E-state index contributed by atoms with van der Waals surface area (Å²) in [5, 5.41) is 2.90. The lowest BCUT2D eigenvalue weighted by Gasteiger charge is -2.38. The Morgan fingerprint density at radius 1 is 1.24 bits per heavy atom. The average molecular weight is 305 g/mol. The molecule has 1 aromatic carbocycles. The van der Waals surface area contributed by atoms with Crippen molar-refractivity contribution >= 4 is 23.4 Å². The minimum Gasteiger partial charge on any atom is -0.342 e. The first-order valence-corrected chi connectivity index (χ1v) is 7.57. The molecule has 0 bridgehead atoms. The van der Waals surface area contributed by atoms with Gasteiger partial charge in [-0.1, -0.05) is 48.0 Å². The van der Waals surface area contributed by atoms with Gasteiger partial charge in [0.2, 0.25) is 11.8 Å². The highest BCUT2D eigenvalue weighted by Crippen LogP contribution is 2.37. The maximum atomic E-state index is 12.7. The van der Waals surface area contributed by atoms with Crippen LogP contribution in [0.5, 0.6) is 0 Å². The number of piperazine rings is 1. The maximum Gasteiger partial charge on any atom is 0.248 e. The standard InChI is InChI=1S/C16H17ClN2O2/c17-9-4-10-19-14(12-5-2-1-3-6-12)15(20)18-13(16(19)21)11-7-8-11/h1-6,9,11,13-14H,7-8,10H2,(H,18,20)/b9-4+. The van der Waals surface area contributed by atoms with E-state index in [4.69, 9.17) is 11.6 Å². The van der Waals surface area contributed by atoms with Crippen molar-refractivity contribution < 1.29 is 9.59 Å². The minimum atomic E-state index is -0.582. The Morgan fingerprint density at radius 3 is 2.57 bits per heavy atom. The molecule has 1 aliphatic heterocycles. The van der Waals surface area contributed by atoms with Crippen LogP contribution in [0.2, 0.25) is 0 Å². The highest BCUT2D eigenvalue weighted by molar-refractivity contribution is 6.25. The number of hydrogen-bond donors (Lipinski definition) is 1. The molecule has 1 saturated heterocycles. The van der Waals surface area contributed by atoms with E-state index in [-0.39, 0.29) is 17.9 Å². The zero-order valence-electron chi connectivity index (χ0n) is 11.5. The van der Waals surface area contributed by atoms with Crippen molar-refractivity contribution in [1.82, 2.24) is 10.2 Å². The summed E-state index contributed by atoms with van der Waals surface area (Å²) in [4.78, 5) is 26.8. The molecule has 2 aliphatic rings. The molecule has 1 saturated carbocycles. The molecule has 1 heterocycles. The van der Waals surface area contributed by atoms with E-state index in [2.05, 4.69) is 5.32 Å². The fourth-order valence-electron chi connectivity index (χ4n) is 2.81. The third-order valence-corrected chi connectivity index (χ3v) is 4.19. The third-order valence-electron chi connectivity index (χ3n) is 4.01. The van der Waals surface area contributed by atoms with Crippen molar-refractivity contribution in [3.05, 3.63) is 47.5 Å². The Balaban J connectivity index is 1.92. The number of rotatable bonds is 4. The second-order valence-electron chi connectivity index (χ2n) is 5.49. The number of carbonyl (C=O) groups is 2. The van der Waals surface area contributed by atoms with Gasteiger partial charge >= 0.3 is 0 Å². The van der Waals surface area contributed by atoms with Crippen molar-refractivity contribution in [3.8, 4) is 0 Å². The zero-order valence-corrected chi connectivity index (χ0v) is 12.3. The molecule has 3 rings (SSSR count). The molecule has 0 spiro atoms. The van der Waals surface area contributed by atoms with Crippen LogP contribution in [0, 0.1) is 5.92 Å². The van der Waals surface area contributed by atoms with Gasteiger partial charge in [0.25, 0.3) is 0 Å². The van der Waals surface area contributed by atoms with Crippen LogP contribution in [0.1, 0.15) is 24.4 Å². The zero-order chi connectivity index (χ0) is 14.8. The van der Waals surface area contributed by atoms with E-state index in [1.807, 2.05) is 30.3 Å². The summed E-state index contributed by atoms with van der Waals surface area (Å²) < 4.78 is 0. The molecule has 1 N–H and O–H groups in total. The summed E-state index contributed by atoms with van der Waals surface area (Å²) in [6.07, 6.45) is 3.70. The van der Waals surface area contributed by atoms with Gasteiger partial charge in [-0.05, 0) is 24.3 Å². The number of hydrogen-bond acceptors (Lipinski definition) is 2. The summed E-state index contributed by atoms with van der Waals surface area (Å²) in [6, 6.07) is 8.41. The van der Waals surface area contributed by atoms with Crippen molar-refractivity contribution in [1.29, 1.82) is 0 Å². The van der Waals surface area contributed by atoms with Crippen LogP contribution in [0.25, 0.3) is 0 Å². The first kappa shape index (κ1) is 14.1. The molecular weight excluding hydrogens is 288 g/mol. The van der Waals surface area contributed by atoms with E-state index in [1.54, 1.807) is 11.0 Å². The largest absolute Gasteiger partial charge is 0.342 e. The molecular formula is C16H17ClN2O2. The Labute approximate surface area is 128 Å². The normalized spacial score (nSPS) is 26.2. The second kappa shape index (κ2) is 5.90. The Kier molecular flexibility index (Phi) is 3.97. The molecule has 2 unspecified atom stereocenters. The van der Waals surface area contributed by atoms with Crippen LogP contribution in [0.15, 0.2) is 41.9 Å². The minimum absolute atomic E-state index is 0.0132. The number of nitrogens with one attached hydrogen (secondary N) is 1. The molecule has 21 heavy (non-hydrogen) atoms. The molecule has 2 amide bonds. The summed E-state index contributed by atoms with van der Waals surface area (Å²) in [5.74, 6) is 0.169. The van der Waals surface area contributed by atoms with Gasteiger partial charge in [0.05, 0.1) is 0 Å². The first-order chi connectivity index (χ1) is 10.2. The van der Waals surface area contributed by atoms with E-state index in [1.165, 1.54) is 5.54 Å². The SMILES string of the molecule is O=C1NC(C2CC2)C(=O)N(C/C=C/Cl)C1c1ccccc1. The van der Waals surface area contributed by atoms with E-state index >= 15 is 0 Å². The lowest BCUT2D eigenvalue weighted by molar-refractivity contribution is -0.149.